The molecule has 0 radical (unpaired) electrons. The Balaban J connectivity index is 2.12. The number of hydrogen-bond acceptors (Lipinski definition) is 2. The predicted molar refractivity (Wildman–Crippen MR) is 68.9 cm³/mol. The molecule has 0 amide bonds. The van der Waals surface area contributed by atoms with Crippen LogP contribution in [0.5, 0.6) is 0 Å². The fraction of sp³-hybridized carbons (Fsp3) is 0.400. The smallest absolute Gasteiger partial charge is 0.123 e. The van der Waals surface area contributed by atoms with Crippen LogP contribution >= 0.6 is 0 Å². The van der Waals surface area contributed by atoms with Gasteiger partial charge in [0.1, 0.15) is 5.82 Å². The zero-order chi connectivity index (χ0) is 12.5. The van der Waals surface area contributed by atoms with Crippen molar-refractivity contribution in [2.75, 3.05) is 0 Å². The second-order valence-corrected chi connectivity index (χ2v) is 5.02. The first-order valence-electron chi connectivity index (χ1n) is 6.48. The van der Waals surface area contributed by atoms with Crippen molar-refractivity contribution in [3.05, 3.63) is 41.8 Å². The second-order valence-electron chi connectivity index (χ2n) is 5.02. The summed E-state index contributed by atoms with van der Waals surface area (Å²) >= 11 is 0. The lowest BCUT2D eigenvalue weighted by Crippen LogP contribution is -2.22. The number of nitrogens with zero attached hydrogens (tertiary/aromatic N) is 1. The van der Waals surface area contributed by atoms with Crippen molar-refractivity contribution >= 4 is 10.9 Å². The molecule has 1 aromatic carbocycles. The van der Waals surface area contributed by atoms with Crippen LogP contribution in [0.4, 0.5) is 4.39 Å². The summed E-state index contributed by atoms with van der Waals surface area (Å²) in [5.41, 5.74) is 1.83. The second kappa shape index (κ2) is 4.65. The molecule has 3 rings (SSSR count). The van der Waals surface area contributed by atoms with E-state index in [4.69, 9.17) is 0 Å². The Morgan fingerprint density at radius 3 is 2.83 bits per heavy atom. The van der Waals surface area contributed by atoms with Crippen LogP contribution in [-0.2, 0) is 0 Å². The van der Waals surface area contributed by atoms with Crippen LogP contribution < -0.4 is 0 Å². The van der Waals surface area contributed by atoms with E-state index in [1.54, 1.807) is 12.3 Å². The summed E-state index contributed by atoms with van der Waals surface area (Å²) in [5, 5.41) is 11.0. The molecule has 0 spiro atoms. The molecule has 1 N–H and O–H groups in total. The first kappa shape index (κ1) is 11.6. The lowest BCUT2D eigenvalue weighted by molar-refractivity contribution is 0.107. The maximum absolute atomic E-state index is 13.4. The molecule has 2 nitrogen and oxygen atoms in total. The van der Waals surface area contributed by atoms with E-state index in [2.05, 4.69) is 4.98 Å². The quantitative estimate of drug-likeness (QED) is 0.835. The standard InChI is InChI=1S/C15H16FNO/c16-10-5-6-14-13(9-10)11(7-8-17-14)12-3-1-2-4-15(12)18/h5-9,12,15,18H,1-4H2/t12-,15+/m0/s1. The molecule has 1 aromatic heterocycles. The predicted octanol–water partition coefficient (Wildman–Crippen LogP) is 3.39. The van der Waals surface area contributed by atoms with Gasteiger partial charge in [-0.1, -0.05) is 12.8 Å². The average Bonchev–Trinajstić information content (AvgIpc) is 2.39. The number of rotatable bonds is 1. The van der Waals surface area contributed by atoms with Crippen LogP contribution in [0.1, 0.15) is 37.2 Å². The molecule has 94 valence electrons. The molecular formula is C15H16FNO. The molecule has 0 saturated heterocycles. The number of aliphatic hydroxyl groups excluding tert-OH is 1. The van der Waals surface area contributed by atoms with Crippen LogP contribution in [-0.4, -0.2) is 16.2 Å². The SMILES string of the molecule is O[C@@H]1CCCC[C@H]1c1ccnc2ccc(F)cc12. The molecule has 1 heterocycles. The fourth-order valence-corrected chi connectivity index (χ4v) is 2.94. The molecule has 0 bridgehead atoms. The van der Waals surface area contributed by atoms with E-state index in [0.717, 1.165) is 42.1 Å². The first-order chi connectivity index (χ1) is 8.75. The Morgan fingerprint density at radius 2 is 2.00 bits per heavy atom. The van der Waals surface area contributed by atoms with Crippen molar-refractivity contribution in [2.45, 2.75) is 37.7 Å². The molecule has 2 atom stereocenters. The van der Waals surface area contributed by atoms with Crippen molar-refractivity contribution < 1.29 is 9.50 Å². The van der Waals surface area contributed by atoms with Gasteiger partial charge < -0.3 is 5.11 Å². The summed E-state index contributed by atoms with van der Waals surface area (Å²) in [4.78, 5) is 4.25. The van der Waals surface area contributed by atoms with Gasteiger partial charge >= 0.3 is 0 Å². The van der Waals surface area contributed by atoms with Crippen LogP contribution in [0.25, 0.3) is 10.9 Å². The Kier molecular flexibility index (Phi) is 3.00. The summed E-state index contributed by atoms with van der Waals surface area (Å²) in [6, 6.07) is 6.57. The molecular weight excluding hydrogens is 229 g/mol. The summed E-state index contributed by atoms with van der Waals surface area (Å²) in [6.45, 7) is 0. The lowest BCUT2D eigenvalue weighted by Gasteiger charge is -2.28. The normalized spacial score (nSPS) is 24.3. The Morgan fingerprint density at radius 1 is 1.17 bits per heavy atom. The van der Waals surface area contributed by atoms with E-state index in [9.17, 15) is 9.50 Å². The van der Waals surface area contributed by atoms with Crippen molar-refractivity contribution in [2.24, 2.45) is 0 Å². The molecule has 1 fully saturated rings. The molecule has 1 aliphatic carbocycles. The van der Waals surface area contributed by atoms with Crippen molar-refractivity contribution in [3.63, 3.8) is 0 Å². The van der Waals surface area contributed by atoms with E-state index in [0.29, 0.717) is 0 Å². The van der Waals surface area contributed by atoms with Gasteiger partial charge in [0.2, 0.25) is 0 Å². The van der Waals surface area contributed by atoms with Crippen molar-refractivity contribution in [3.8, 4) is 0 Å². The minimum Gasteiger partial charge on any atom is -0.392 e. The van der Waals surface area contributed by atoms with Crippen molar-refractivity contribution in [1.29, 1.82) is 0 Å². The Hall–Kier alpha value is -1.48. The highest BCUT2D eigenvalue weighted by Crippen LogP contribution is 2.36. The van der Waals surface area contributed by atoms with Gasteiger partial charge in [-0.05, 0) is 42.7 Å². The number of pyridine rings is 1. The first-order valence-corrected chi connectivity index (χ1v) is 6.48. The van der Waals surface area contributed by atoms with Gasteiger partial charge in [0, 0.05) is 17.5 Å². The van der Waals surface area contributed by atoms with Gasteiger partial charge in [0.15, 0.2) is 0 Å². The lowest BCUT2D eigenvalue weighted by atomic mass is 9.80. The third-order valence-corrected chi connectivity index (χ3v) is 3.87. The number of benzene rings is 1. The maximum Gasteiger partial charge on any atom is 0.123 e. The molecule has 1 saturated carbocycles. The average molecular weight is 245 g/mol. The topological polar surface area (TPSA) is 33.1 Å². The molecule has 18 heavy (non-hydrogen) atoms. The largest absolute Gasteiger partial charge is 0.392 e. The zero-order valence-corrected chi connectivity index (χ0v) is 10.1. The zero-order valence-electron chi connectivity index (χ0n) is 10.1. The van der Waals surface area contributed by atoms with E-state index >= 15 is 0 Å². The van der Waals surface area contributed by atoms with Crippen LogP contribution in [0, 0.1) is 5.82 Å². The summed E-state index contributed by atoms with van der Waals surface area (Å²) in [5.74, 6) is -0.131. The molecule has 0 aliphatic heterocycles. The van der Waals surface area contributed by atoms with Gasteiger partial charge in [0.25, 0.3) is 0 Å². The number of fused-ring (bicyclic) bond motifs is 1. The number of hydrogen-bond donors (Lipinski definition) is 1. The Bertz CT molecular complexity index is 569. The summed E-state index contributed by atoms with van der Waals surface area (Å²) in [7, 11) is 0. The monoisotopic (exact) mass is 245 g/mol. The minimum absolute atomic E-state index is 0.117. The van der Waals surface area contributed by atoms with Crippen LogP contribution in [0.2, 0.25) is 0 Å². The van der Waals surface area contributed by atoms with Gasteiger partial charge in [-0.25, -0.2) is 4.39 Å². The van der Waals surface area contributed by atoms with Crippen LogP contribution in [0.15, 0.2) is 30.5 Å². The van der Waals surface area contributed by atoms with E-state index in [1.807, 2.05) is 6.07 Å². The van der Waals surface area contributed by atoms with Gasteiger partial charge in [0.05, 0.1) is 11.6 Å². The number of aromatic nitrogens is 1. The van der Waals surface area contributed by atoms with Gasteiger partial charge in [-0.2, -0.15) is 0 Å². The molecule has 2 aromatic rings. The highest BCUT2D eigenvalue weighted by atomic mass is 19.1. The molecule has 0 unspecified atom stereocenters. The maximum atomic E-state index is 13.4. The number of aliphatic hydroxyl groups is 1. The van der Waals surface area contributed by atoms with Gasteiger partial charge in [-0.3, -0.25) is 4.98 Å². The molecule has 3 heteroatoms. The van der Waals surface area contributed by atoms with E-state index in [1.165, 1.54) is 12.1 Å². The minimum atomic E-state index is -0.312. The van der Waals surface area contributed by atoms with Gasteiger partial charge in [-0.15, -0.1) is 0 Å². The fourth-order valence-electron chi connectivity index (χ4n) is 2.94. The third-order valence-electron chi connectivity index (χ3n) is 3.87. The highest BCUT2D eigenvalue weighted by Gasteiger charge is 2.26. The summed E-state index contributed by atoms with van der Waals surface area (Å²) in [6.07, 6.45) is 5.44. The van der Waals surface area contributed by atoms with E-state index < -0.39 is 0 Å². The van der Waals surface area contributed by atoms with Crippen molar-refractivity contribution in [1.82, 2.24) is 4.98 Å². The molecule has 1 aliphatic rings. The highest BCUT2D eigenvalue weighted by molar-refractivity contribution is 5.82. The van der Waals surface area contributed by atoms with Crippen LogP contribution in [0.3, 0.4) is 0 Å². The summed E-state index contributed by atoms with van der Waals surface area (Å²) < 4.78 is 13.4. The Labute approximate surface area is 105 Å². The third kappa shape index (κ3) is 1.99. The number of halogens is 1. The van der Waals surface area contributed by atoms with E-state index in [-0.39, 0.29) is 17.8 Å².